The fraction of sp³-hybridized carbons (Fsp3) is 0.0769. The largest absolute Gasteiger partial charge is 0.868 e. The van der Waals surface area contributed by atoms with E-state index in [2.05, 4.69) is 0 Å². The Labute approximate surface area is 103 Å². The van der Waals surface area contributed by atoms with Crippen molar-refractivity contribution in [3.05, 3.63) is 64.2 Å². The Morgan fingerprint density at radius 3 is 2.50 bits per heavy atom. The van der Waals surface area contributed by atoms with Crippen LogP contribution in [0, 0.1) is 10.1 Å². The molecule has 5 heteroatoms. The topological polar surface area (TPSA) is 75.4 Å². The molecule has 0 saturated carbocycles. The molecule has 0 amide bonds. The van der Waals surface area contributed by atoms with Crippen molar-refractivity contribution in [3.63, 3.8) is 0 Å². The highest BCUT2D eigenvalue weighted by molar-refractivity contribution is 5.49. The molecule has 5 nitrogen and oxygen atoms in total. The first kappa shape index (κ1) is 11.9. The molecule has 0 N–H and O–H groups in total. The van der Waals surface area contributed by atoms with Gasteiger partial charge in [0, 0.05) is 0 Å². The van der Waals surface area contributed by atoms with Crippen LogP contribution in [0.2, 0.25) is 0 Å². The second-order valence-electron chi connectivity index (χ2n) is 3.66. The maximum atomic E-state index is 11.2. The first-order chi connectivity index (χ1) is 8.66. The van der Waals surface area contributed by atoms with Gasteiger partial charge in [0.25, 0.3) is 5.69 Å². The average Bonchev–Trinajstić information content (AvgIpc) is 2.38. The maximum Gasteiger partial charge on any atom is 0.265 e. The van der Waals surface area contributed by atoms with Crippen LogP contribution in [0.15, 0.2) is 48.5 Å². The number of benzene rings is 2. The van der Waals surface area contributed by atoms with E-state index >= 15 is 0 Å². The standard InChI is InChI=1S/C13H11NO4/c15-13-7-6-11(8-12(13)14(16)17)18-9-10-4-2-1-3-5-10/h1-8,15H,9H2/p-1. The Kier molecular flexibility index (Phi) is 3.43. The minimum atomic E-state index is -0.711. The Balaban J connectivity index is 2.11. The van der Waals surface area contributed by atoms with Crippen LogP contribution in [-0.4, -0.2) is 4.92 Å². The molecule has 2 rings (SSSR count). The van der Waals surface area contributed by atoms with Crippen LogP contribution in [-0.2, 0) is 6.61 Å². The second kappa shape index (κ2) is 5.18. The Bertz CT molecular complexity index is 554. The van der Waals surface area contributed by atoms with E-state index in [1.807, 2.05) is 30.3 Å². The molecule has 2 aromatic rings. The van der Waals surface area contributed by atoms with E-state index in [0.29, 0.717) is 12.4 Å². The zero-order valence-electron chi connectivity index (χ0n) is 9.41. The van der Waals surface area contributed by atoms with Crippen molar-refractivity contribution in [2.24, 2.45) is 0 Å². The third-order valence-electron chi connectivity index (χ3n) is 2.38. The van der Waals surface area contributed by atoms with Gasteiger partial charge in [-0.1, -0.05) is 36.4 Å². The summed E-state index contributed by atoms with van der Waals surface area (Å²) in [6, 6.07) is 13.1. The Morgan fingerprint density at radius 2 is 1.83 bits per heavy atom. The fourth-order valence-electron chi connectivity index (χ4n) is 1.47. The summed E-state index contributed by atoms with van der Waals surface area (Å²) in [7, 11) is 0. The molecular weight excluding hydrogens is 234 g/mol. The Morgan fingerprint density at radius 1 is 1.11 bits per heavy atom. The van der Waals surface area contributed by atoms with Crippen molar-refractivity contribution >= 4 is 5.69 Å². The van der Waals surface area contributed by atoms with Crippen LogP contribution >= 0.6 is 0 Å². The van der Waals surface area contributed by atoms with Gasteiger partial charge in [-0.25, -0.2) is 0 Å². The monoisotopic (exact) mass is 244 g/mol. The summed E-state index contributed by atoms with van der Waals surface area (Å²) in [6.45, 7) is 0.302. The van der Waals surface area contributed by atoms with Crippen LogP contribution in [0.5, 0.6) is 11.5 Å². The molecule has 0 aromatic heterocycles. The number of nitro groups is 1. The van der Waals surface area contributed by atoms with E-state index in [1.165, 1.54) is 6.07 Å². The van der Waals surface area contributed by atoms with Crippen molar-refractivity contribution in [1.29, 1.82) is 0 Å². The van der Waals surface area contributed by atoms with Crippen LogP contribution in [0.25, 0.3) is 0 Å². The predicted octanol–water partition coefficient (Wildman–Crippen LogP) is 2.25. The summed E-state index contributed by atoms with van der Waals surface area (Å²) in [4.78, 5) is 9.89. The van der Waals surface area contributed by atoms with E-state index in [1.54, 1.807) is 0 Å². The maximum absolute atomic E-state index is 11.2. The highest BCUT2D eigenvalue weighted by Crippen LogP contribution is 2.28. The van der Waals surface area contributed by atoms with Crippen LogP contribution in [0.3, 0.4) is 0 Å². The summed E-state index contributed by atoms with van der Waals surface area (Å²) >= 11 is 0. The fourth-order valence-corrected chi connectivity index (χ4v) is 1.47. The number of nitrogens with zero attached hydrogens (tertiary/aromatic N) is 1. The van der Waals surface area contributed by atoms with Crippen molar-refractivity contribution in [2.75, 3.05) is 0 Å². The number of nitro benzene ring substituents is 1. The van der Waals surface area contributed by atoms with Gasteiger partial charge in [0.2, 0.25) is 0 Å². The van der Waals surface area contributed by atoms with Gasteiger partial charge in [-0.3, -0.25) is 10.1 Å². The lowest BCUT2D eigenvalue weighted by atomic mass is 10.2. The first-order valence-electron chi connectivity index (χ1n) is 5.29. The van der Waals surface area contributed by atoms with Crippen LogP contribution in [0.4, 0.5) is 5.69 Å². The summed E-state index contributed by atoms with van der Waals surface area (Å²) < 4.78 is 5.39. The molecule has 0 spiro atoms. The van der Waals surface area contributed by atoms with E-state index in [9.17, 15) is 15.2 Å². The summed E-state index contributed by atoms with van der Waals surface area (Å²) in [5, 5.41) is 21.8. The molecule has 2 aromatic carbocycles. The molecule has 0 atom stereocenters. The lowest BCUT2D eigenvalue weighted by molar-refractivity contribution is -0.398. The molecular formula is C13H10NO4-. The molecule has 0 bridgehead atoms. The van der Waals surface area contributed by atoms with Gasteiger partial charge in [0.1, 0.15) is 12.4 Å². The molecule has 0 aliphatic carbocycles. The van der Waals surface area contributed by atoms with Crippen LogP contribution < -0.4 is 9.84 Å². The van der Waals surface area contributed by atoms with E-state index in [-0.39, 0.29) is 0 Å². The van der Waals surface area contributed by atoms with Gasteiger partial charge in [-0.15, -0.1) is 0 Å². The smallest absolute Gasteiger partial charge is 0.265 e. The normalized spacial score (nSPS) is 10.0. The molecule has 0 aliphatic rings. The lowest BCUT2D eigenvalue weighted by Gasteiger charge is -2.10. The number of hydrogen-bond donors (Lipinski definition) is 0. The van der Waals surface area contributed by atoms with Gasteiger partial charge in [-0.2, -0.15) is 0 Å². The summed E-state index contributed by atoms with van der Waals surface area (Å²) in [6.07, 6.45) is 0. The van der Waals surface area contributed by atoms with Gasteiger partial charge in [-0.05, 0) is 17.4 Å². The van der Waals surface area contributed by atoms with E-state index in [0.717, 1.165) is 17.7 Å². The number of hydrogen-bond acceptors (Lipinski definition) is 4. The lowest BCUT2D eigenvalue weighted by Crippen LogP contribution is -2.00. The first-order valence-corrected chi connectivity index (χ1v) is 5.29. The summed E-state index contributed by atoms with van der Waals surface area (Å²) in [5.41, 5.74) is 0.479. The molecule has 0 aliphatic heterocycles. The van der Waals surface area contributed by atoms with Crippen molar-refractivity contribution in [1.82, 2.24) is 0 Å². The van der Waals surface area contributed by atoms with Crippen molar-refractivity contribution in [3.8, 4) is 11.5 Å². The molecule has 0 fully saturated rings. The highest BCUT2D eigenvalue weighted by Gasteiger charge is 2.08. The van der Waals surface area contributed by atoms with Gasteiger partial charge < -0.3 is 9.84 Å². The van der Waals surface area contributed by atoms with Crippen LogP contribution in [0.1, 0.15) is 5.56 Å². The number of ether oxygens (including phenoxy) is 1. The molecule has 18 heavy (non-hydrogen) atoms. The summed E-state index contributed by atoms with van der Waals surface area (Å²) in [5.74, 6) is -0.308. The van der Waals surface area contributed by atoms with Gasteiger partial charge in [0.05, 0.1) is 11.0 Å². The third-order valence-corrected chi connectivity index (χ3v) is 2.38. The van der Waals surface area contributed by atoms with Gasteiger partial charge in [0.15, 0.2) is 0 Å². The van der Waals surface area contributed by atoms with Gasteiger partial charge >= 0.3 is 0 Å². The molecule has 0 radical (unpaired) electrons. The van der Waals surface area contributed by atoms with Crippen molar-refractivity contribution in [2.45, 2.75) is 6.61 Å². The van der Waals surface area contributed by atoms with Crippen molar-refractivity contribution < 1.29 is 14.8 Å². The molecule has 92 valence electrons. The molecule has 0 unspecified atom stereocenters. The SMILES string of the molecule is O=[N+]([O-])c1cc(OCc2ccccc2)ccc1[O-]. The average molecular weight is 244 g/mol. The second-order valence-corrected chi connectivity index (χ2v) is 3.66. The predicted molar refractivity (Wildman–Crippen MR) is 63.3 cm³/mol. The minimum Gasteiger partial charge on any atom is -0.868 e. The number of rotatable bonds is 4. The zero-order chi connectivity index (χ0) is 13.0. The molecule has 0 heterocycles. The Hall–Kier alpha value is -2.56. The van der Waals surface area contributed by atoms with E-state index in [4.69, 9.17) is 4.74 Å². The quantitative estimate of drug-likeness (QED) is 0.610. The van der Waals surface area contributed by atoms with E-state index < -0.39 is 16.4 Å². The molecule has 0 saturated heterocycles. The highest BCUT2D eigenvalue weighted by atomic mass is 16.6. The zero-order valence-corrected chi connectivity index (χ0v) is 9.41. The minimum absolute atomic E-state index is 0.302. The third kappa shape index (κ3) is 2.76.